The van der Waals surface area contributed by atoms with Crippen LogP contribution in [-0.2, 0) is 13.0 Å². The van der Waals surface area contributed by atoms with Crippen molar-refractivity contribution in [3.8, 4) is 0 Å². The van der Waals surface area contributed by atoms with Crippen LogP contribution in [0.4, 0.5) is 0 Å². The van der Waals surface area contributed by atoms with Crippen LogP contribution in [0.3, 0.4) is 0 Å². The number of nitrogens with one attached hydrogen (secondary N) is 2. The van der Waals surface area contributed by atoms with Gasteiger partial charge >= 0.3 is 0 Å². The van der Waals surface area contributed by atoms with Crippen molar-refractivity contribution in [3.63, 3.8) is 0 Å². The zero-order valence-electron chi connectivity index (χ0n) is 11.4. The van der Waals surface area contributed by atoms with Crippen LogP contribution in [0.5, 0.6) is 0 Å². The molecular formula is C13H22N4S. The summed E-state index contributed by atoms with van der Waals surface area (Å²) in [6.45, 7) is 8.03. The molecule has 0 saturated heterocycles. The standard InChI is InChI=1S/C13H22N4S/c1-4-12-16-10(8-18-12)7-15-13(14-5-2)17-11-6-9(11)3/h8-9,11H,4-7H2,1-3H3,(H2,14,15,17). The first kappa shape index (κ1) is 13.3. The number of guanidine groups is 1. The van der Waals surface area contributed by atoms with E-state index in [1.165, 1.54) is 11.4 Å². The Morgan fingerprint density at radius 3 is 2.89 bits per heavy atom. The molecule has 0 amide bonds. The van der Waals surface area contributed by atoms with Crippen LogP contribution in [0.1, 0.15) is 37.9 Å². The lowest BCUT2D eigenvalue weighted by atomic mass is 10.4. The Bertz CT molecular complexity index is 413. The van der Waals surface area contributed by atoms with Crippen LogP contribution in [0.2, 0.25) is 0 Å². The van der Waals surface area contributed by atoms with Crippen molar-refractivity contribution in [2.45, 2.75) is 46.2 Å². The molecule has 1 fully saturated rings. The van der Waals surface area contributed by atoms with Crippen LogP contribution in [0, 0.1) is 5.92 Å². The third-order valence-corrected chi connectivity index (χ3v) is 4.12. The molecule has 1 aromatic heterocycles. The van der Waals surface area contributed by atoms with Crippen molar-refractivity contribution in [1.29, 1.82) is 0 Å². The van der Waals surface area contributed by atoms with Crippen molar-refractivity contribution in [3.05, 3.63) is 16.1 Å². The van der Waals surface area contributed by atoms with Gasteiger partial charge in [-0.2, -0.15) is 0 Å². The lowest BCUT2D eigenvalue weighted by Crippen LogP contribution is -2.39. The van der Waals surface area contributed by atoms with E-state index in [4.69, 9.17) is 0 Å². The summed E-state index contributed by atoms with van der Waals surface area (Å²) >= 11 is 1.72. The molecule has 0 aliphatic heterocycles. The van der Waals surface area contributed by atoms with Gasteiger partial charge < -0.3 is 10.6 Å². The van der Waals surface area contributed by atoms with Crippen molar-refractivity contribution < 1.29 is 0 Å². The summed E-state index contributed by atoms with van der Waals surface area (Å²) in [5, 5.41) is 10.0. The molecule has 0 bridgehead atoms. The van der Waals surface area contributed by atoms with E-state index in [1.807, 2.05) is 0 Å². The Balaban J connectivity index is 1.90. The zero-order valence-corrected chi connectivity index (χ0v) is 12.2. The third kappa shape index (κ3) is 3.70. The summed E-state index contributed by atoms with van der Waals surface area (Å²) in [7, 11) is 0. The van der Waals surface area contributed by atoms with Gasteiger partial charge in [0.2, 0.25) is 0 Å². The maximum absolute atomic E-state index is 4.58. The molecular weight excluding hydrogens is 244 g/mol. The summed E-state index contributed by atoms with van der Waals surface area (Å²) < 4.78 is 0. The fourth-order valence-electron chi connectivity index (χ4n) is 1.76. The molecule has 18 heavy (non-hydrogen) atoms. The van der Waals surface area contributed by atoms with E-state index in [0.717, 1.165) is 30.5 Å². The topological polar surface area (TPSA) is 49.3 Å². The molecule has 100 valence electrons. The second-order valence-corrected chi connectivity index (χ2v) is 5.69. The average Bonchev–Trinajstić information content (AvgIpc) is 2.89. The van der Waals surface area contributed by atoms with Crippen molar-refractivity contribution >= 4 is 17.3 Å². The van der Waals surface area contributed by atoms with Gasteiger partial charge in [0, 0.05) is 18.0 Å². The van der Waals surface area contributed by atoms with Gasteiger partial charge in [-0.3, -0.25) is 0 Å². The van der Waals surface area contributed by atoms with E-state index in [0.29, 0.717) is 12.6 Å². The fourth-order valence-corrected chi connectivity index (χ4v) is 2.50. The molecule has 2 rings (SSSR count). The maximum Gasteiger partial charge on any atom is 0.191 e. The van der Waals surface area contributed by atoms with E-state index in [1.54, 1.807) is 11.3 Å². The van der Waals surface area contributed by atoms with Gasteiger partial charge in [-0.25, -0.2) is 9.98 Å². The molecule has 0 spiro atoms. The molecule has 5 heteroatoms. The molecule has 2 atom stereocenters. The summed E-state index contributed by atoms with van der Waals surface area (Å²) in [6.07, 6.45) is 2.26. The van der Waals surface area contributed by atoms with Gasteiger partial charge in [-0.1, -0.05) is 13.8 Å². The highest BCUT2D eigenvalue weighted by Gasteiger charge is 2.33. The summed E-state index contributed by atoms with van der Waals surface area (Å²) in [5.74, 6) is 1.69. The van der Waals surface area contributed by atoms with Crippen LogP contribution < -0.4 is 10.6 Å². The van der Waals surface area contributed by atoms with Gasteiger partial charge in [0.05, 0.1) is 17.2 Å². The molecule has 0 aromatic carbocycles. The van der Waals surface area contributed by atoms with E-state index in [-0.39, 0.29) is 0 Å². The van der Waals surface area contributed by atoms with Gasteiger partial charge in [0.15, 0.2) is 5.96 Å². The minimum atomic E-state index is 0.601. The summed E-state index contributed by atoms with van der Waals surface area (Å²) in [5.41, 5.74) is 1.07. The van der Waals surface area contributed by atoms with Crippen molar-refractivity contribution in [1.82, 2.24) is 15.6 Å². The Morgan fingerprint density at radius 1 is 1.56 bits per heavy atom. The average molecular weight is 266 g/mol. The van der Waals surface area contributed by atoms with Crippen molar-refractivity contribution in [2.24, 2.45) is 10.9 Å². The van der Waals surface area contributed by atoms with Crippen molar-refractivity contribution in [2.75, 3.05) is 6.54 Å². The van der Waals surface area contributed by atoms with Gasteiger partial charge in [-0.05, 0) is 25.7 Å². The molecule has 1 aliphatic rings. The van der Waals surface area contributed by atoms with E-state index >= 15 is 0 Å². The Kier molecular flexibility index (Phi) is 4.58. The molecule has 2 N–H and O–H groups in total. The van der Waals surface area contributed by atoms with E-state index < -0.39 is 0 Å². The molecule has 0 radical (unpaired) electrons. The first-order valence-corrected chi connectivity index (χ1v) is 7.59. The monoisotopic (exact) mass is 266 g/mol. The molecule has 1 aliphatic carbocycles. The number of aryl methyl sites for hydroxylation is 1. The Hall–Kier alpha value is -1.10. The number of thiazole rings is 1. The van der Waals surface area contributed by atoms with Crippen LogP contribution in [-0.4, -0.2) is 23.5 Å². The molecule has 4 nitrogen and oxygen atoms in total. The highest BCUT2D eigenvalue weighted by molar-refractivity contribution is 7.09. The van der Waals surface area contributed by atoms with E-state index in [2.05, 4.69) is 46.8 Å². The van der Waals surface area contributed by atoms with Crippen LogP contribution >= 0.6 is 11.3 Å². The summed E-state index contributed by atoms with van der Waals surface area (Å²) in [4.78, 5) is 9.11. The van der Waals surface area contributed by atoms with E-state index in [9.17, 15) is 0 Å². The molecule has 2 unspecified atom stereocenters. The third-order valence-electron chi connectivity index (χ3n) is 3.08. The highest BCUT2D eigenvalue weighted by atomic mass is 32.1. The molecule has 1 heterocycles. The lowest BCUT2D eigenvalue weighted by Gasteiger charge is -2.10. The minimum Gasteiger partial charge on any atom is -0.357 e. The maximum atomic E-state index is 4.58. The number of aromatic nitrogens is 1. The first-order valence-electron chi connectivity index (χ1n) is 6.71. The normalized spacial score (nSPS) is 22.9. The Labute approximate surface area is 113 Å². The quantitative estimate of drug-likeness (QED) is 0.634. The van der Waals surface area contributed by atoms with Gasteiger partial charge in [-0.15, -0.1) is 11.3 Å². The SMILES string of the molecule is CCNC(=NCc1csc(CC)n1)NC1CC1C. The number of aliphatic imine (C=N–C) groups is 1. The number of rotatable bonds is 5. The fraction of sp³-hybridized carbons (Fsp3) is 0.692. The largest absolute Gasteiger partial charge is 0.357 e. The first-order chi connectivity index (χ1) is 8.72. The van der Waals surface area contributed by atoms with Crippen LogP contribution in [0.15, 0.2) is 10.4 Å². The highest BCUT2D eigenvalue weighted by Crippen LogP contribution is 2.28. The molecule has 1 saturated carbocycles. The number of hydrogen-bond acceptors (Lipinski definition) is 3. The number of hydrogen-bond donors (Lipinski definition) is 2. The summed E-state index contributed by atoms with van der Waals surface area (Å²) in [6, 6.07) is 0.601. The van der Waals surface area contributed by atoms with Crippen LogP contribution in [0.25, 0.3) is 0 Å². The zero-order chi connectivity index (χ0) is 13.0. The predicted molar refractivity (Wildman–Crippen MR) is 77.0 cm³/mol. The predicted octanol–water partition coefficient (Wildman–Crippen LogP) is 2.17. The van der Waals surface area contributed by atoms with Gasteiger partial charge in [0.1, 0.15) is 0 Å². The molecule has 1 aromatic rings. The van der Waals surface area contributed by atoms with Gasteiger partial charge in [0.25, 0.3) is 0 Å². The lowest BCUT2D eigenvalue weighted by molar-refractivity contribution is 0.765. The smallest absolute Gasteiger partial charge is 0.191 e. The Morgan fingerprint density at radius 2 is 2.33 bits per heavy atom. The second-order valence-electron chi connectivity index (χ2n) is 4.75. The minimum absolute atomic E-state index is 0.601. The second kappa shape index (κ2) is 6.18. The number of nitrogens with zero attached hydrogens (tertiary/aromatic N) is 2.